The predicted octanol–water partition coefficient (Wildman–Crippen LogP) is -0.117. The Hall–Kier alpha value is -1.02. The van der Waals surface area contributed by atoms with Crippen molar-refractivity contribution in [3.05, 3.63) is 84.0 Å². The molecule has 0 bridgehead atoms. The molecule has 0 amide bonds. The summed E-state index contributed by atoms with van der Waals surface area (Å²) in [6, 6.07) is 19.6. The Bertz CT molecular complexity index is 873. The van der Waals surface area contributed by atoms with Gasteiger partial charge < -0.3 is 24.8 Å². The van der Waals surface area contributed by atoms with Crippen LogP contribution in [0.25, 0.3) is 27.5 Å². The van der Waals surface area contributed by atoms with Crippen LogP contribution in [0.5, 0.6) is 0 Å². The summed E-state index contributed by atoms with van der Waals surface area (Å²) >= 11 is 0. The first-order chi connectivity index (χ1) is 10.3. The van der Waals surface area contributed by atoms with E-state index in [-0.39, 0.29) is 50.7 Å². The van der Waals surface area contributed by atoms with Crippen molar-refractivity contribution in [2.24, 2.45) is 0 Å². The summed E-state index contributed by atoms with van der Waals surface area (Å²) in [5.74, 6) is 0. The summed E-state index contributed by atoms with van der Waals surface area (Å²) < 4.78 is 0. The van der Waals surface area contributed by atoms with Crippen molar-refractivity contribution in [2.75, 3.05) is 0 Å². The maximum Gasteiger partial charge on any atom is 0 e. The third kappa shape index (κ3) is 3.64. The Morgan fingerprint density at radius 1 is 0.917 bits per heavy atom. The molecule has 3 aromatic carbocycles. The van der Waals surface area contributed by atoms with E-state index in [0.717, 1.165) is 6.42 Å². The molecule has 4 rings (SSSR count). The van der Waals surface area contributed by atoms with E-state index < -0.39 is 0 Å². The topological polar surface area (TPSA) is 0 Å². The van der Waals surface area contributed by atoms with Crippen LogP contribution >= 0.6 is 0 Å². The molecule has 1 aliphatic carbocycles. The standard InChI is InChI=1S/C21H17.2ClH.Hf/c1-15-20(17-8-3-2-4-9-17)14-18-12-7-13-19(21(15)18)16-10-5-6-11-16;;;/h2-10,12-14H,11H2,1H3;2*1H;/q-1;;;/p-2. The average molecular weight is 519 g/mol. The van der Waals surface area contributed by atoms with Gasteiger partial charge in [-0.15, -0.1) is 34.0 Å². The van der Waals surface area contributed by atoms with Gasteiger partial charge in [0, 0.05) is 25.8 Å². The van der Waals surface area contributed by atoms with Gasteiger partial charge in [-0.25, -0.2) is 0 Å². The minimum absolute atomic E-state index is 0. The number of fused-ring (bicyclic) bond motifs is 1. The average Bonchev–Trinajstić information content (AvgIpc) is 3.16. The minimum Gasteiger partial charge on any atom is -1.00 e. The van der Waals surface area contributed by atoms with Crippen molar-refractivity contribution < 1.29 is 50.7 Å². The zero-order chi connectivity index (χ0) is 14.2. The largest absolute Gasteiger partial charge is 1.00 e. The molecule has 0 fully saturated rings. The summed E-state index contributed by atoms with van der Waals surface area (Å²) in [6.07, 6.45) is 7.67. The van der Waals surface area contributed by atoms with E-state index >= 15 is 0 Å². The van der Waals surface area contributed by atoms with Crippen molar-refractivity contribution in [1.82, 2.24) is 0 Å². The number of benzene rings is 2. The summed E-state index contributed by atoms with van der Waals surface area (Å²) in [5, 5.41) is 2.75. The molecule has 0 nitrogen and oxygen atoms in total. The van der Waals surface area contributed by atoms with Crippen molar-refractivity contribution in [3.8, 4) is 11.1 Å². The molecule has 0 unspecified atom stereocenters. The van der Waals surface area contributed by atoms with E-state index in [4.69, 9.17) is 0 Å². The van der Waals surface area contributed by atoms with Gasteiger partial charge in [-0.2, -0.15) is 0 Å². The molecule has 0 radical (unpaired) electrons. The molecule has 0 aliphatic heterocycles. The van der Waals surface area contributed by atoms with Gasteiger partial charge in [0.25, 0.3) is 0 Å². The third-order valence-electron chi connectivity index (χ3n) is 4.38. The molecule has 0 saturated carbocycles. The molecule has 3 aromatic rings. The fraction of sp³-hybridized carbons (Fsp3) is 0.0952. The summed E-state index contributed by atoms with van der Waals surface area (Å²) in [7, 11) is 0. The fourth-order valence-corrected chi connectivity index (χ4v) is 3.34. The van der Waals surface area contributed by atoms with Gasteiger partial charge in [-0.1, -0.05) is 78.7 Å². The normalized spacial score (nSPS) is 12.1. The van der Waals surface area contributed by atoms with Crippen LogP contribution in [0.1, 0.15) is 17.5 Å². The zero-order valence-corrected chi connectivity index (χ0v) is 18.5. The molecule has 0 saturated heterocycles. The van der Waals surface area contributed by atoms with Crippen LogP contribution < -0.4 is 24.8 Å². The van der Waals surface area contributed by atoms with E-state index in [1.807, 2.05) is 0 Å². The number of halogens is 2. The van der Waals surface area contributed by atoms with Crippen LogP contribution in [-0.4, -0.2) is 0 Å². The van der Waals surface area contributed by atoms with Crippen molar-refractivity contribution in [3.63, 3.8) is 0 Å². The quantitative estimate of drug-likeness (QED) is 0.328. The van der Waals surface area contributed by atoms with E-state index in [9.17, 15) is 0 Å². The van der Waals surface area contributed by atoms with Gasteiger partial charge in [-0.3, -0.25) is 0 Å². The smallest absolute Gasteiger partial charge is 0 e. The van der Waals surface area contributed by atoms with Crippen molar-refractivity contribution in [2.45, 2.75) is 13.3 Å². The Kier molecular flexibility index (Phi) is 7.79. The van der Waals surface area contributed by atoms with Gasteiger partial charge in [0.05, 0.1) is 0 Å². The van der Waals surface area contributed by atoms with Crippen LogP contribution in [0.15, 0.2) is 72.8 Å². The number of rotatable bonds is 2. The zero-order valence-electron chi connectivity index (χ0n) is 13.4. The summed E-state index contributed by atoms with van der Waals surface area (Å²) in [6.45, 7) is 2.25. The summed E-state index contributed by atoms with van der Waals surface area (Å²) in [4.78, 5) is 0. The summed E-state index contributed by atoms with van der Waals surface area (Å²) in [5.41, 5.74) is 6.85. The van der Waals surface area contributed by atoms with E-state index in [1.165, 1.54) is 38.6 Å². The van der Waals surface area contributed by atoms with Gasteiger partial charge in [-0.05, 0) is 12.0 Å². The minimum atomic E-state index is 0. The first kappa shape index (κ1) is 21.0. The molecule has 0 heterocycles. The fourth-order valence-electron chi connectivity index (χ4n) is 3.34. The van der Waals surface area contributed by atoms with E-state index in [1.54, 1.807) is 0 Å². The van der Waals surface area contributed by atoms with Crippen LogP contribution in [0.4, 0.5) is 0 Å². The molecule has 1 aliphatic rings. The maximum absolute atomic E-state index is 2.33. The van der Waals surface area contributed by atoms with Crippen LogP contribution in [-0.2, 0) is 25.8 Å². The van der Waals surface area contributed by atoms with Crippen molar-refractivity contribution in [1.29, 1.82) is 0 Å². The monoisotopic (exact) mass is 519 g/mol. The first-order valence-corrected chi connectivity index (χ1v) is 7.45. The second kappa shape index (κ2) is 8.89. The maximum atomic E-state index is 2.33. The third-order valence-corrected chi connectivity index (χ3v) is 4.38. The Morgan fingerprint density at radius 3 is 2.33 bits per heavy atom. The Morgan fingerprint density at radius 2 is 1.67 bits per heavy atom. The molecule has 122 valence electrons. The Labute approximate surface area is 174 Å². The second-order valence-electron chi connectivity index (χ2n) is 5.64. The van der Waals surface area contributed by atoms with Gasteiger partial charge in [0.15, 0.2) is 0 Å². The van der Waals surface area contributed by atoms with Gasteiger partial charge in [0.2, 0.25) is 0 Å². The van der Waals surface area contributed by atoms with Crippen LogP contribution in [0, 0.1) is 6.92 Å². The molecule has 0 aromatic heterocycles. The second-order valence-corrected chi connectivity index (χ2v) is 5.64. The number of hydrogen-bond donors (Lipinski definition) is 0. The number of aryl methyl sites for hydroxylation is 1. The molecular weight excluding hydrogens is 502 g/mol. The van der Waals surface area contributed by atoms with E-state index in [2.05, 4.69) is 79.7 Å². The number of allylic oxidation sites excluding steroid dienone is 4. The van der Waals surface area contributed by atoms with Gasteiger partial charge in [0.1, 0.15) is 0 Å². The van der Waals surface area contributed by atoms with Crippen molar-refractivity contribution >= 4 is 16.3 Å². The van der Waals surface area contributed by atoms with Gasteiger partial charge >= 0.3 is 0 Å². The molecule has 3 heteroatoms. The molecule has 0 atom stereocenters. The SMILES string of the molecule is Cc1c(-c2ccccc2)[cH-]c2cccc(C3=CC=CC3)c12.[Cl-].[Cl-].[Hf]. The first-order valence-electron chi connectivity index (χ1n) is 7.45. The van der Waals surface area contributed by atoms with Crippen LogP contribution in [0.3, 0.4) is 0 Å². The number of hydrogen-bond acceptors (Lipinski definition) is 0. The van der Waals surface area contributed by atoms with Crippen LogP contribution in [0.2, 0.25) is 0 Å². The Balaban J connectivity index is 0.000000960. The van der Waals surface area contributed by atoms with E-state index in [0.29, 0.717) is 0 Å². The molecule has 24 heavy (non-hydrogen) atoms. The molecular formula is C21H17Cl2Hf-3. The molecule has 0 spiro atoms. The predicted molar refractivity (Wildman–Crippen MR) is 91.4 cm³/mol. The molecule has 0 N–H and O–H groups in total.